The summed E-state index contributed by atoms with van der Waals surface area (Å²) in [5.41, 5.74) is 1.53. The molecular formula is C15H16FN2O+. The fourth-order valence-electron chi connectivity index (χ4n) is 1.91. The van der Waals surface area contributed by atoms with Crippen LogP contribution in [0.15, 0.2) is 54.6 Å². The van der Waals surface area contributed by atoms with Crippen LogP contribution in [0.3, 0.4) is 0 Å². The zero-order valence-electron chi connectivity index (χ0n) is 10.6. The first-order valence-electron chi connectivity index (χ1n) is 6.11. The molecular weight excluding hydrogens is 243 g/mol. The van der Waals surface area contributed by atoms with Crippen LogP contribution < -0.4 is 10.6 Å². The molecule has 0 aliphatic heterocycles. The molecule has 3 N–H and O–H groups in total. The molecule has 2 rings (SSSR count). The predicted molar refractivity (Wildman–Crippen MR) is 72.1 cm³/mol. The van der Waals surface area contributed by atoms with Crippen LogP contribution in [-0.2, 0) is 4.79 Å². The van der Waals surface area contributed by atoms with Crippen molar-refractivity contribution in [2.24, 2.45) is 0 Å². The first kappa shape index (κ1) is 13.2. The highest BCUT2D eigenvalue weighted by atomic mass is 19.1. The van der Waals surface area contributed by atoms with Gasteiger partial charge in [0.25, 0.3) is 5.91 Å². The number of benzene rings is 2. The lowest BCUT2D eigenvalue weighted by molar-refractivity contribution is -0.656. The Morgan fingerprint density at radius 1 is 1.11 bits per heavy atom. The summed E-state index contributed by atoms with van der Waals surface area (Å²) in [6.07, 6.45) is 0. The molecule has 19 heavy (non-hydrogen) atoms. The summed E-state index contributed by atoms with van der Waals surface area (Å²) in [5.74, 6) is -0.444. The third-order valence-electron chi connectivity index (χ3n) is 2.89. The minimum Gasteiger partial charge on any atom is -0.335 e. The Kier molecular flexibility index (Phi) is 4.26. The molecule has 0 fully saturated rings. The van der Waals surface area contributed by atoms with E-state index in [4.69, 9.17) is 0 Å². The molecule has 1 atom stereocenters. The van der Waals surface area contributed by atoms with E-state index in [0.717, 1.165) is 5.56 Å². The SMILES string of the molecule is C[NH2+][C@@H](C(=O)Nc1ccc(F)cc1)c1ccccc1. The van der Waals surface area contributed by atoms with Crippen molar-refractivity contribution in [1.29, 1.82) is 0 Å². The lowest BCUT2D eigenvalue weighted by Gasteiger charge is -2.13. The van der Waals surface area contributed by atoms with Gasteiger partial charge in [-0.3, -0.25) is 4.79 Å². The maximum Gasteiger partial charge on any atom is 0.287 e. The Bertz CT molecular complexity index is 540. The lowest BCUT2D eigenvalue weighted by atomic mass is 10.1. The number of anilines is 1. The number of likely N-dealkylation sites (N-methyl/N-ethyl adjacent to an activating group) is 1. The van der Waals surface area contributed by atoms with Gasteiger partial charge in [0, 0.05) is 11.3 Å². The van der Waals surface area contributed by atoms with Crippen LogP contribution in [0.2, 0.25) is 0 Å². The molecule has 4 heteroatoms. The zero-order valence-corrected chi connectivity index (χ0v) is 10.6. The first-order valence-corrected chi connectivity index (χ1v) is 6.11. The Morgan fingerprint density at radius 2 is 1.74 bits per heavy atom. The molecule has 0 radical (unpaired) electrons. The van der Waals surface area contributed by atoms with Crippen molar-refractivity contribution >= 4 is 11.6 Å². The van der Waals surface area contributed by atoms with Gasteiger partial charge in [0.15, 0.2) is 6.04 Å². The van der Waals surface area contributed by atoms with Gasteiger partial charge in [-0.1, -0.05) is 30.3 Å². The molecule has 2 aromatic rings. The van der Waals surface area contributed by atoms with Gasteiger partial charge < -0.3 is 10.6 Å². The van der Waals surface area contributed by atoms with Crippen LogP contribution in [0.25, 0.3) is 0 Å². The zero-order chi connectivity index (χ0) is 13.7. The summed E-state index contributed by atoms with van der Waals surface area (Å²) < 4.78 is 12.8. The minimum absolute atomic E-state index is 0.125. The number of amides is 1. The molecule has 0 spiro atoms. The average Bonchev–Trinajstić information content (AvgIpc) is 2.43. The number of nitrogens with one attached hydrogen (secondary N) is 1. The molecule has 2 aromatic carbocycles. The van der Waals surface area contributed by atoms with E-state index in [1.165, 1.54) is 12.1 Å². The number of hydrogen-bond acceptors (Lipinski definition) is 1. The highest BCUT2D eigenvalue weighted by Gasteiger charge is 2.22. The number of quaternary nitrogens is 1. The van der Waals surface area contributed by atoms with Crippen molar-refractivity contribution in [1.82, 2.24) is 0 Å². The highest BCUT2D eigenvalue weighted by molar-refractivity contribution is 5.94. The Labute approximate surface area is 111 Å². The fourth-order valence-corrected chi connectivity index (χ4v) is 1.91. The van der Waals surface area contributed by atoms with Gasteiger partial charge >= 0.3 is 0 Å². The van der Waals surface area contributed by atoms with E-state index in [1.807, 2.05) is 42.7 Å². The molecule has 0 aliphatic rings. The van der Waals surface area contributed by atoms with Crippen molar-refractivity contribution in [2.75, 3.05) is 12.4 Å². The van der Waals surface area contributed by atoms with Crippen LogP contribution in [0.5, 0.6) is 0 Å². The van der Waals surface area contributed by atoms with Crippen LogP contribution in [-0.4, -0.2) is 13.0 Å². The summed E-state index contributed by atoms with van der Waals surface area (Å²) in [6.45, 7) is 0. The van der Waals surface area contributed by atoms with Gasteiger partial charge in [-0.05, 0) is 24.3 Å². The summed E-state index contributed by atoms with van der Waals surface area (Å²) >= 11 is 0. The van der Waals surface area contributed by atoms with Gasteiger partial charge in [-0.25, -0.2) is 4.39 Å². The lowest BCUT2D eigenvalue weighted by Crippen LogP contribution is -2.83. The third-order valence-corrected chi connectivity index (χ3v) is 2.89. The molecule has 0 saturated heterocycles. The Morgan fingerprint density at radius 3 is 2.32 bits per heavy atom. The second-order valence-electron chi connectivity index (χ2n) is 4.22. The van der Waals surface area contributed by atoms with Gasteiger partial charge in [0.1, 0.15) is 5.82 Å². The first-order chi connectivity index (χ1) is 9.20. The second kappa shape index (κ2) is 6.11. The number of carbonyl (C=O) groups is 1. The van der Waals surface area contributed by atoms with Crippen molar-refractivity contribution in [3.63, 3.8) is 0 Å². The summed E-state index contributed by atoms with van der Waals surface area (Å²) in [5, 5.41) is 4.62. The number of nitrogens with two attached hydrogens (primary N) is 1. The van der Waals surface area contributed by atoms with Crippen LogP contribution in [0.1, 0.15) is 11.6 Å². The molecule has 0 bridgehead atoms. The van der Waals surface area contributed by atoms with Gasteiger partial charge in [-0.2, -0.15) is 0 Å². The molecule has 0 saturated carbocycles. The molecule has 0 aromatic heterocycles. The van der Waals surface area contributed by atoms with E-state index in [-0.39, 0.29) is 17.8 Å². The van der Waals surface area contributed by atoms with E-state index >= 15 is 0 Å². The molecule has 98 valence electrons. The maximum atomic E-state index is 12.8. The molecule has 0 unspecified atom stereocenters. The normalized spacial score (nSPS) is 11.9. The molecule has 0 aliphatic carbocycles. The fraction of sp³-hybridized carbons (Fsp3) is 0.133. The Hall–Kier alpha value is -2.20. The topological polar surface area (TPSA) is 45.7 Å². The van der Waals surface area contributed by atoms with Crippen molar-refractivity contribution in [3.05, 3.63) is 66.0 Å². The molecule has 0 heterocycles. The number of hydrogen-bond donors (Lipinski definition) is 2. The molecule has 3 nitrogen and oxygen atoms in total. The molecule has 1 amide bonds. The maximum absolute atomic E-state index is 12.8. The van der Waals surface area contributed by atoms with Crippen LogP contribution >= 0.6 is 0 Å². The third kappa shape index (κ3) is 3.39. The van der Waals surface area contributed by atoms with Gasteiger partial charge in [-0.15, -0.1) is 0 Å². The van der Waals surface area contributed by atoms with E-state index < -0.39 is 0 Å². The van der Waals surface area contributed by atoms with Crippen molar-refractivity contribution < 1.29 is 14.5 Å². The van der Waals surface area contributed by atoms with Crippen LogP contribution in [0.4, 0.5) is 10.1 Å². The van der Waals surface area contributed by atoms with E-state index in [2.05, 4.69) is 5.32 Å². The van der Waals surface area contributed by atoms with E-state index in [1.54, 1.807) is 12.1 Å². The summed E-state index contributed by atoms with van der Waals surface area (Å²) in [6, 6.07) is 15.0. The van der Waals surface area contributed by atoms with Crippen molar-refractivity contribution in [2.45, 2.75) is 6.04 Å². The average molecular weight is 259 g/mol. The van der Waals surface area contributed by atoms with E-state index in [9.17, 15) is 9.18 Å². The standard InChI is InChI=1S/C15H15FN2O/c1-17-14(11-5-3-2-4-6-11)15(19)18-13-9-7-12(16)8-10-13/h2-10,14,17H,1H3,(H,18,19)/p+1/t14-/m1/s1. The smallest absolute Gasteiger partial charge is 0.287 e. The highest BCUT2D eigenvalue weighted by Crippen LogP contribution is 2.13. The number of halogens is 1. The largest absolute Gasteiger partial charge is 0.335 e. The Balaban J connectivity index is 2.11. The van der Waals surface area contributed by atoms with Gasteiger partial charge in [0.2, 0.25) is 0 Å². The number of rotatable bonds is 4. The minimum atomic E-state index is -0.320. The number of carbonyl (C=O) groups excluding carboxylic acids is 1. The van der Waals surface area contributed by atoms with E-state index in [0.29, 0.717) is 5.69 Å². The quantitative estimate of drug-likeness (QED) is 0.862. The summed E-state index contributed by atoms with van der Waals surface area (Å²) in [7, 11) is 1.85. The van der Waals surface area contributed by atoms with Gasteiger partial charge in [0.05, 0.1) is 7.05 Å². The second-order valence-corrected chi connectivity index (χ2v) is 4.22. The van der Waals surface area contributed by atoms with Crippen molar-refractivity contribution in [3.8, 4) is 0 Å². The summed E-state index contributed by atoms with van der Waals surface area (Å²) in [4.78, 5) is 12.2. The van der Waals surface area contributed by atoms with Crippen LogP contribution in [0, 0.1) is 5.82 Å². The monoisotopic (exact) mass is 259 g/mol. The predicted octanol–water partition coefficient (Wildman–Crippen LogP) is 1.70.